The first-order valence-electron chi connectivity index (χ1n) is 6.30. The molecule has 1 fully saturated rings. The Kier molecular flexibility index (Phi) is 3.20. The fourth-order valence-electron chi connectivity index (χ4n) is 2.16. The summed E-state index contributed by atoms with van der Waals surface area (Å²) in [5, 5.41) is 0. The standard InChI is InChI=1S/C12H14N6O2/c19-11(17-3-1-13-9-17)15-5-7-16(8-6-15)12(20)18-4-2-14-10-18/h1-4,9-10H,5-8H2. The van der Waals surface area contributed by atoms with Gasteiger partial charge >= 0.3 is 12.1 Å². The van der Waals surface area contributed by atoms with E-state index in [1.807, 2.05) is 0 Å². The quantitative estimate of drug-likeness (QED) is 0.694. The Morgan fingerprint density at radius 1 is 0.750 bits per heavy atom. The van der Waals surface area contributed by atoms with E-state index in [2.05, 4.69) is 9.97 Å². The van der Waals surface area contributed by atoms with Crippen molar-refractivity contribution in [2.45, 2.75) is 0 Å². The summed E-state index contributed by atoms with van der Waals surface area (Å²) in [5.74, 6) is 0. The minimum atomic E-state index is -0.114. The number of piperazine rings is 1. The molecule has 0 radical (unpaired) electrons. The number of hydrogen-bond acceptors (Lipinski definition) is 4. The summed E-state index contributed by atoms with van der Waals surface area (Å²) in [6.07, 6.45) is 9.32. The molecule has 1 aliphatic rings. The molecule has 1 aliphatic heterocycles. The maximum atomic E-state index is 12.1. The summed E-state index contributed by atoms with van der Waals surface area (Å²) in [7, 11) is 0. The zero-order chi connectivity index (χ0) is 13.9. The van der Waals surface area contributed by atoms with Crippen LogP contribution in [0.2, 0.25) is 0 Å². The van der Waals surface area contributed by atoms with Gasteiger partial charge in [0.25, 0.3) is 0 Å². The summed E-state index contributed by atoms with van der Waals surface area (Å²) in [6, 6.07) is -0.227. The normalized spacial score (nSPS) is 15.4. The monoisotopic (exact) mass is 274 g/mol. The molecule has 0 atom stereocenters. The van der Waals surface area contributed by atoms with Crippen LogP contribution in [0.3, 0.4) is 0 Å². The average molecular weight is 274 g/mol. The predicted octanol–water partition coefficient (Wildman–Crippen LogP) is 0.334. The van der Waals surface area contributed by atoms with Gasteiger partial charge in [-0.05, 0) is 0 Å². The van der Waals surface area contributed by atoms with Crippen LogP contribution in [-0.2, 0) is 0 Å². The van der Waals surface area contributed by atoms with Crippen molar-refractivity contribution in [1.29, 1.82) is 0 Å². The first kappa shape index (κ1) is 12.4. The largest absolute Gasteiger partial charge is 0.329 e. The summed E-state index contributed by atoms with van der Waals surface area (Å²) >= 11 is 0. The average Bonchev–Trinajstić information content (AvgIpc) is 3.18. The second-order valence-electron chi connectivity index (χ2n) is 4.48. The molecule has 0 spiro atoms. The predicted molar refractivity (Wildman–Crippen MR) is 69.2 cm³/mol. The molecule has 8 heteroatoms. The van der Waals surface area contributed by atoms with Crippen LogP contribution in [0, 0.1) is 0 Å². The highest BCUT2D eigenvalue weighted by Crippen LogP contribution is 2.06. The van der Waals surface area contributed by atoms with Gasteiger partial charge in [0.1, 0.15) is 12.7 Å². The fourth-order valence-corrected chi connectivity index (χ4v) is 2.16. The third-order valence-corrected chi connectivity index (χ3v) is 3.27. The fraction of sp³-hybridized carbons (Fsp3) is 0.333. The Bertz CT molecular complexity index is 529. The first-order chi connectivity index (χ1) is 9.75. The highest BCUT2D eigenvalue weighted by molar-refractivity contribution is 5.79. The van der Waals surface area contributed by atoms with Gasteiger partial charge in [-0.25, -0.2) is 19.6 Å². The van der Waals surface area contributed by atoms with Crippen molar-refractivity contribution >= 4 is 12.1 Å². The lowest BCUT2D eigenvalue weighted by atomic mass is 10.3. The zero-order valence-electron chi connectivity index (χ0n) is 10.8. The molecule has 0 aliphatic carbocycles. The van der Waals surface area contributed by atoms with E-state index in [-0.39, 0.29) is 12.1 Å². The van der Waals surface area contributed by atoms with Crippen molar-refractivity contribution in [3.05, 3.63) is 37.4 Å². The summed E-state index contributed by atoms with van der Waals surface area (Å²) in [5.41, 5.74) is 0. The lowest BCUT2D eigenvalue weighted by Gasteiger charge is -2.34. The molecule has 0 aromatic carbocycles. The van der Waals surface area contributed by atoms with Crippen molar-refractivity contribution in [3.8, 4) is 0 Å². The van der Waals surface area contributed by atoms with E-state index in [4.69, 9.17) is 0 Å². The summed E-state index contributed by atoms with van der Waals surface area (Å²) in [6.45, 7) is 2.05. The summed E-state index contributed by atoms with van der Waals surface area (Å²) in [4.78, 5) is 35.3. The van der Waals surface area contributed by atoms with Gasteiger partial charge in [0.05, 0.1) is 0 Å². The van der Waals surface area contributed by atoms with Crippen LogP contribution in [-0.4, -0.2) is 67.1 Å². The molecule has 20 heavy (non-hydrogen) atoms. The van der Waals surface area contributed by atoms with Crippen molar-refractivity contribution in [2.75, 3.05) is 26.2 Å². The molecule has 0 unspecified atom stereocenters. The minimum absolute atomic E-state index is 0.114. The molecule has 3 heterocycles. The van der Waals surface area contributed by atoms with Crippen LogP contribution >= 0.6 is 0 Å². The minimum Gasteiger partial charge on any atom is -0.320 e. The maximum Gasteiger partial charge on any atom is 0.329 e. The van der Waals surface area contributed by atoms with Crippen molar-refractivity contribution in [3.63, 3.8) is 0 Å². The highest BCUT2D eigenvalue weighted by Gasteiger charge is 2.25. The van der Waals surface area contributed by atoms with E-state index in [0.717, 1.165) is 0 Å². The number of hydrogen-bond donors (Lipinski definition) is 0. The molecule has 2 aromatic rings. The van der Waals surface area contributed by atoms with Crippen molar-refractivity contribution in [2.24, 2.45) is 0 Å². The number of aromatic nitrogens is 4. The zero-order valence-corrected chi connectivity index (χ0v) is 10.8. The molecule has 8 nitrogen and oxygen atoms in total. The topological polar surface area (TPSA) is 76.3 Å². The Labute approximate surface area is 115 Å². The molecule has 2 aromatic heterocycles. The van der Waals surface area contributed by atoms with E-state index in [1.54, 1.807) is 34.6 Å². The smallest absolute Gasteiger partial charge is 0.320 e. The first-order valence-corrected chi connectivity index (χ1v) is 6.30. The van der Waals surface area contributed by atoms with E-state index >= 15 is 0 Å². The van der Waals surface area contributed by atoms with Gasteiger partial charge in [0.15, 0.2) is 0 Å². The van der Waals surface area contributed by atoms with E-state index in [9.17, 15) is 9.59 Å². The number of imidazole rings is 2. The number of amides is 2. The molecule has 104 valence electrons. The second-order valence-corrected chi connectivity index (χ2v) is 4.48. The van der Waals surface area contributed by atoms with Crippen LogP contribution in [0.25, 0.3) is 0 Å². The van der Waals surface area contributed by atoms with Crippen molar-refractivity contribution < 1.29 is 9.59 Å². The van der Waals surface area contributed by atoms with Crippen LogP contribution in [0.1, 0.15) is 0 Å². The van der Waals surface area contributed by atoms with Crippen molar-refractivity contribution in [1.82, 2.24) is 28.9 Å². The van der Waals surface area contributed by atoms with Crippen LogP contribution in [0.4, 0.5) is 9.59 Å². The van der Waals surface area contributed by atoms with E-state index in [0.29, 0.717) is 26.2 Å². The highest BCUT2D eigenvalue weighted by atomic mass is 16.2. The Morgan fingerprint density at radius 2 is 1.15 bits per heavy atom. The lowest BCUT2D eigenvalue weighted by molar-refractivity contribution is 0.144. The van der Waals surface area contributed by atoms with Crippen LogP contribution in [0.15, 0.2) is 37.4 Å². The Morgan fingerprint density at radius 3 is 1.45 bits per heavy atom. The molecular formula is C12H14N6O2. The van der Waals surface area contributed by atoms with Gasteiger partial charge in [-0.1, -0.05) is 0 Å². The molecule has 2 amide bonds. The third-order valence-electron chi connectivity index (χ3n) is 3.27. The third kappa shape index (κ3) is 2.27. The molecule has 3 rings (SSSR count). The number of carbonyl (C=O) groups is 2. The van der Waals surface area contributed by atoms with Crippen LogP contribution < -0.4 is 0 Å². The molecular weight excluding hydrogens is 260 g/mol. The van der Waals surface area contributed by atoms with Gasteiger partial charge in [-0.15, -0.1) is 0 Å². The van der Waals surface area contributed by atoms with Crippen LogP contribution in [0.5, 0.6) is 0 Å². The van der Waals surface area contributed by atoms with Gasteiger partial charge in [-0.3, -0.25) is 9.13 Å². The van der Waals surface area contributed by atoms with E-state index < -0.39 is 0 Å². The SMILES string of the molecule is O=C(N1CCN(C(=O)n2ccnc2)CC1)n1ccnc1. The van der Waals surface area contributed by atoms with Gasteiger partial charge < -0.3 is 9.80 Å². The number of carbonyl (C=O) groups excluding carboxylic acids is 2. The van der Waals surface area contributed by atoms with Gasteiger partial charge in [0, 0.05) is 51.0 Å². The molecule has 0 N–H and O–H groups in total. The van der Waals surface area contributed by atoms with Gasteiger partial charge in [0.2, 0.25) is 0 Å². The second kappa shape index (κ2) is 5.16. The Hall–Kier alpha value is -2.64. The van der Waals surface area contributed by atoms with Gasteiger partial charge in [-0.2, -0.15) is 0 Å². The molecule has 0 bridgehead atoms. The number of nitrogens with zero attached hydrogens (tertiary/aromatic N) is 6. The van der Waals surface area contributed by atoms with E-state index in [1.165, 1.54) is 21.8 Å². The Balaban J connectivity index is 1.60. The lowest BCUT2D eigenvalue weighted by Crippen LogP contribution is -2.52. The molecule has 1 saturated heterocycles. The molecule has 0 saturated carbocycles. The maximum absolute atomic E-state index is 12.1. The summed E-state index contributed by atoms with van der Waals surface area (Å²) < 4.78 is 2.88. The number of rotatable bonds is 0.